The smallest absolute Gasteiger partial charge is 0.222 e. The van der Waals surface area contributed by atoms with Gasteiger partial charge in [0.25, 0.3) is 0 Å². The maximum absolute atomic E-state index is 12.1. The minimum Gasteiger partial charge on any atom is -0.497 e. The quantitative estimate of drug-likeness (QED) is 0.873. The molecule has 5 heteroatoms. The SMILES string of the molecule is CCC(=O)N1CCC[C@H](c2cc(Nc3ccc(OC)cc3)cc(C)n2)C1. The molecule has 1 aromatic carbocycles. The summed E-state index contributed by atoms with van der Waals surface area (Å²) in [5, 5.41) is 3.44. The number of aryl methyl sites for hydroxylation is 1. The van der Waals surface area contributed by atoms with Crippen molar-refractivity contribution in [2.24, 2.45) is 0 Å². The first-order valence-electron chi connectivity index (χ1n) is 9.26. The van der Waals surface area contributed by atoms with Crippen molar-refractivity contribution in [1.82, 2.24) is 9.88 Å². The van der Waals surface area contributed by atoms with E-state index in [0.717, 1.165) is 54.4 Å². The van der Waals surface area contributed by atoms with Gasteiger partial charge >= 0.3 is 0 Å². The molecule has 1 atom stereocenters. The molecule has 1 saturated heterocycles. The predicted molar refractivity (Wildman–Crippen MR) is 104 cm³/mol. The zero-order chi connectivity index (χ0) is 18.5. The molecular weight excluding hydrogens is 326 g/mol. The molecule has 0 bridgehead atoms. The Morgan fingerprint density at radius 3 is 2.73 bits per heavy atom. The molecule has 3 rings (SSSR count). The van der Waals surface area contributed by atoms with Crippen LogP contribution in [0.1, 0.15) is 43.5 Å². The van der Waals surface area contributed by atoms with Gasteiger partial charge in [-0.15, -0.1) is 0 Å². The number of hydrogen-bond acceptors (Lipinski definition) is 4. The lowest BCUT2D eigenvalue weighted by Crippen LogP contribution is -2.38. The number of anilines is 2. The number of aromatic nitrogens is 1. The summed E-state index contributed by atoms with van der Waals surface area (Å²) in [5.41, 5.74) is 4.08. The molecule has 0 aliphatic carbocycles. The van der Waals surface area contributed by atoms with Crippen LogP contribution in [0.2, 0.25) is 0 Å². The average molecular weight is 353 g/mol. The lowest BCUT2D eigenvalue weighted by molar-refractivity contribution is -0.132. The minimum atomic E-state index is 0.235. The molecule has 1 aliphatic heterocycles. The maximum Gasteiger partial charge on any atom is 0.222 e. The summed E-state index contributed by atoms with van der Waals surface area (Å²) < 4.78 is 5.21. The summed E-state index contributed by atoms with van der Waals surface area (Å²) >= 11 is 0. The van der Waals surface area contributed by atoms with Crippen LogP contribution in [0.25, 0.3) is 0 Å². The van der Waals surface area contributed by atoms with Crippen molar-refractivity contribution in [2.45, 2.75) is 39.0 Å². The number of benzene rings is 1. The van der Waals surface area contributed by atoms with Gasteiger partial charge in [0.2, 0.25) is 5.91 Å². The Balaban J connectivity index is 1.77. The Morgan fingerprint density at radius 1 is 1.27 bits per heavy atom. The number of rotatable bonds is 5. The van der Waals surface area contributed by atoms with Crippen LogP contribution in [0.4, 0.5) is 11.4 Å². The van der Waals surface area contributed by atoms with E-state index in [9.17, 15) is 4.79 Å². The van der Waals surface area contributed by atoms with Crippen molar-refractivity contribution in [3.05, 3.63) is 47.8 Å². The standard InChI is InChI=1S/C21H27N3O2/c1-4-21(25)24-11-5-6-16(14-24)20-13-18(12-15(2)22-20)23-17-7-9-19(26-3)10-8-17/h7-10,12-13,16H,4-6,11,14H2,1-3H3,(H,22,23)/t16-/m0/s1. The number of carbonyl (C=O) groups is 1. The fourth-order valence-electron chi connectivity index (χ4n) is 3.49. The number of piperidine rings is 1. The molecule has 2 aromatic rings. The number of methoxy groups -OCH3 is 1. The second kappa shape index (κ2) is 8.21. The van der Waals surface area contributed by atoms with E-state index in [1.165, 1.54) is 0 Å². The van der Waals surface area contributed by atoms with E-state index in [1.54, 1.807) is 7.11 Å². The monoisotopic (exact) mass is 353 g/mol. The van der Waals surface area contributed by atoms with Crippen molar-refractivity contribution in [3.8, 4) is 5.75 Å². The third-order valence-electron chi connectivity index (χ3n) is 4.85. The average Bonchev–Trinajstić information content (AvgIpc) is 2.67. The van der Waals surface area contributed by atoms with Crippen LogP contribution in [-0.2, 0) is 4.79 Å². The summed E-state index contributed by atoms with van der Waals surface area (Å²) in [6.07, 6.45) is 2.68. The summed E-state index contributed by atoms with van der Waals surface area (Å²) in [7, 11) is 1.66. The van der Waals surface area contributed by atoms with Gasteiger partial charge in [0.05, 0.1) is 7.11 Å². The summed E-state index contributed by atoms with van der Waals surface area (Å²) in [4.78, 5) is 18.8. The minimum absolute atomic E-state index is 0.235. The molecular formula is C21H27N3O2. The number of carbonyl (C=O) groups excluding carboxylic acids is 1. The molecule has 1 aromatic heterocycles. The normalized spacial score (nSPS) is 17.0. The van der Waals surface area contributed by atoms with E-state index in [-0.39, 0.29) is 5.91 Å². The molecule has 26 heavy (non-hydrogen) atoms. The lowest BCUT2D eigenvalue weighted by Gasteiger charge is -2.32. The van der Waals surface area contributed by atoms with Crippen LogP contribution in [0.15, 0.2) is 36.4 Å². The van der Waals surface area contributed by atoms with E-state index in [0.29, 0.717) is 12.3 Å². The van der Waals surface area contributed by atoms with Gasteiger partial charge in [-0.05, 0) is 56.2 Å². The van der Waals surface area contributed by atoms with Gasteiger partial charge in [0.15, 0.2) is 0 Å². The first-order chi connectivity index (χ1) is 12.6. The fourth-order valence-corrected chi connectivity index (χ4v) is 3.49. The molecule has 0 saturated carbocycles. The van der Waals surface area contributed by atoms with Gasteiger partial charge in [-0.2, -0.15) is 0 Å². The Bertz CT molecular complexity index is 758. The Hall–Kier alpha value is -2.56. The Kier molecular flexibility index (Phi) is 5.76. The molecule has 0 spiro atoms. The molecule has 5 nitrogen and oxygen atoms in total. The van der Waals surface area contributed by atoms with Crippen LogP contribution in [-0.4, -0.2) is 36.0 Å². The van der Waals surface area contributed by atoms with Crippen molar-refractivity contribution in [3.63, 3.8) is 0 Å². The molecule has 0 unspecified atom stereocenters. The maximum atomic E-state index is 12.1. The first-order valence-corrected chi connectivity index (χ1v) is 9.26. The zero-order valence-corrected chi connectivity index (χ0v) is 15.8. The van der Waals surface area contributed by atoms with Crippen molar-refractivity contribution >= 4 is 17.3 Å². The van der Waals surface area contributed by atoms with Crippen LogP contribution in [0, 0.1) is 6.92 Å². The van der Waals surface area contributed by atoms with Gasteiger partial charge in [0, 0.05) is 48.2 Å². The van der Waals surface area contributed by atoms with Gasteiger partial charge < -0.3 is 15.0 Å². The number of nitrogens with zero attached hydrogens (tertiary/aromatic N) is 2. The topological polar surface area (TPSA) is 54.5 Å². The zero-order valence-electron chi connectivity index (χ0n) is 15.8. The molecule has 1 N–H and O–H groups in total. The number of nitrogens with one attached hydrogen (secondary N) is 1. The fraction of sp³-hybridized carbons (Fsp3) is 0.429. The van der Waals surface area contributed by atoms with E-state index >= 15 is 0 Å². The Morgan fingerprint density at radius 2 is 2.04 bits per heavy atom. The van der Waals surface area contributed by atoms with Crippen molar-refractivity contribution in [2.75, 3.05) is 25.5 Å². The highest BCUT2D eigenvalue weighted by Gasteiger charge is 2.25. The highest BCUT2D eigenvalue weighted by Crippen LogP contribution is 2.29. The molecule has 1 fully saturated rings. The van der Waals surface area contributed by atoms with Crippen molar-refractivity contribution < 1.29 is 9.53 Å². The third-order valence-corrected chi connectivity index (χ3v) is 4.85. The lowest BCUT2D eigenvalue weighted by atomic mass is 9.93. The molecule has 1 amide bonds. The molecule has 138 valence electrons. The largest absolute Gasteiger partial charge is 0.497 e. The second-order valence-corrected chi connectivity index (χ2v) is 6.81. The van der Waals surface area contributed by atoms with Crippen molar-refractivity contribution in [1.29, 1.82) is 0 Å². The summed E-state index contributed by atoms with van der Waals surface area (Å²) in [6, 6.07) is 12.0. The van der Waals surface area contributed by atoms with E-state index in [2.05, 4.69) is 11.4 Å². The molecule has 2 heterocycles. The van der Waals surface area contributed by atoms with E-state index in [4.69, 9.17) is 9.72 Å². The van der Waals surface area contributed by atoms with Gasteiger partial charge in [-0.1, -0.05) is 6.92 Å². The Labute approximate surface area is 155 Å². The summed E-state index contributed by atoms with van der Waals surface area (Å²) in [6.45, 7) is 5.57. The number of ether oxygens (including phenoxy) is 1. The third kappa shape index (κ3) is 4.34. The number of pyridine rings is 1. The second-order valence-electron chi connectivity index (χ2n) is 6.81. The van der Waals surface area contributed by atoms with Crippen LogP contribution in [0.5, 0.6) is 5.75 Å². The first kappa shape index (κ1) is 18.2. The molecule has 1 aliphatic rings. The van der Waals surface area contributed by atoms with Gasteiger partial charge in [0.1, 0.15) is 5.75 Å². The van der Waals surface area contributed by atoms with E-state index < -0.39 is 0 Å². The van der Waals surface area contributed by atoms with E-state index in [1.807, 2.05) is 49.1 Å². The van der Waals surface area contributed by atoms with Gasteiger partial charge in [-0.3, -0.25) is 9.78 Å². The van der Waals surface area contributed by atoms with Crippen LogP contribution in [0.3, 0.4) is 0 Å². The van der Waals surface area contributed by atoms with Crippen LogP contribution < -0.4 is 10.1 Å². The number of amides is 1. The highest BCUT2D eigenvalue weighted by atomic mass is 16.5. The van der Waals surface area contributed by atoms with Gasteiger partial charge in [-0.25, -0.2) is 0 Å². The molecule has 0 radical (unpaired) electrons. The summed E-state index contributed by atoms with van der Waals surface area (Å²) in [5.74, 6) is 1.37. The number of likely N-dealkylation sites (tertiary alicyclic amines) is 1. The predicted octanol–water partition coefficient (Wildman–Crippen LogP) is 4.26. The number of hydrogen-bond donors (Lipinski definition) is 1. The highest BCUT2D eigenvalue weighted by molar-refractivity contribution is 5.76. The van der Waals surface area contributed by atoms with Crippen LogP contribution >= 0.6 is 0 Å².